The highest BCUT2D eigenvalue weighted by Gasteiger charge is 2.56. The lowest BCUT2D eigenvalue weighted by molar-refractivity contribution is -0.141. The summed E-state index contributed by atoms with van der Waals surface area (Å²) in [5, 5.41) is 0. The molecule has 3 aromatic carbocycles. The van der Waals surface area contributed by atoms with Crippen molar-refractivity contribution in [2.75, 3.05) is 0 Å². The normalized spacial score (nSPS) is 19.1. The number of carbonyl (C=O) groups is 1. The number of carbonyl (C=O) groups excluding carboxylic acids is 1. The Balaban J connectivity index is 1.90. The van der Waals surface area contributed by atoms with Crippen LogP contribution in [0.3, 0.4) is 0 Å². The summed E-state index contributed by atoms with van der Waals surface area (Å²) in [6, 6.07) is 19.5. The summed E-state index contributed by atoms with van der Waals surface area (Å²) in [5.41, 5.74) is -0.279. The van der Waals surface area contributed by atoms with Crippen LogP contribution in [0.15, 0.2) is 88.8 Å². The number of benzene rings is 3. The van der Waals surface area contributed by atoms with E-state index in [1.54, 1.807) is 56.3 Å². The van der Waals surface area contributed by atoms with E-state index in [-0.39, 0.29) is 16.4 Å². The molecule has 3 aromatic rings. The van der Waals surface area contributed by atoms with Crippen molar-refractivity contribution < 1.29 is 22.3 Å². The van der Waals surface area contributed by atoms with Gasteiger partial charge in [-0.2, -0.15) is 0 Å². The van der Waals surface area contributed by atoms with E-state index in [1.165, 1.54) is 30.3 Å². The minimum Gasteiger partial charge on any atom is -0.405 e. The Hall–Kier alpha value is -3.36. The van der Waals surface area contributed by atoms with E-state index in [4.69, 9.17) is 4.74 Å². The molecule has 1 heterocycles. The summed E-state index contributed by atoms with van der Waals surface area (Å²) >= 11 is 0. The summed E-state index contributed by atoms with van der Waals surface area (Å²) in [4.78, 5) is 18.0. The van der Waals surface area contributed by atoms with Crippen LogP contribution < -0.4 is 4.72 Å². The maximum Gasteiger partial charge on any atom is 0.343 e. The Morgan fingerprint density at radius 1 is 0.941 bits per heavy atom. The van der Waals surface area contributed by atoms with Crippen molar-refractivity contribution in [3.63, 3.8) is 0 Å². The number of aryl methyl sites for hydroxylation is 1. The van der Waals surface area contributed by atoms with Crippen molar-refractivity contribution in [3.8, 4) is 0 Å². The van der Waals surface area contributed by atoms with Gasteiger partial charge in [0.25, 0.3) is 0 Å². The van der Waals surface area contributed by atoms with Crippen LogP contribution >= 0.6 is 0 Å². The quantitative estimate of drug-likeness (QED) is 0.503. The number of rotatable bonds is 7. The molecule has 0 fully saturated rings. The van der Waals surface area contributed by atoms with E-state index in [0.717, 1.165) is 5.56 Å². The predicted octanol–water partition coefficient (Wildman–Crippen LogP) is 4.55. The van der Waals surface area contributed by atoms with E-state index >= 15 is 4.39 Å². The van der Waals surface area contributed by atoms with Gasteiger partial charge in [0.1, 0.15) is 5.82 Å². The minimum absolute atomic E-state index is 0.00176. The fourth-order valence-electron chi connectivity index (χ4n) is 4.03. The molecule has 4 rings (SSSR count). The van der Waals surface area contributed by atoms with Gasteiger partial charge in [0.05, 0.1) is 10.9 Å². The van der Waals surface area contributed by atoms with Crippen LogP contribution in [0.4, 0.5) is 4.39 Å². The molecule has 1 unspecified atom stereocenters. The SMILES string of the molecule is Cc1ccc(S(=O)(=O)NC(c2ccccc2F)[C@@]2(C(C)C)N=C(c3ccccc3)OC2=O)cc1. The number of nitrogens with one attached hydrogen (secondary N) is 1. The highest BCUT2D eigenvalue weighted by molar-refractivity contribution is 7.89. The van der Waals surface area contributed by atoms with Gasteiger partial charge in [-0.25, -0.2) is 27.3 Å². The Labute approximate surface area is 198 Å². The zero-order chi connectivity index (χ0) is 24.5. The highest BCUT2D eigenvalue weighted by Crippen LogP contribution is 2.42. The van der Waals surface area contributed by atoms with E-state index < -0.39 is 39.3 Å². The van der Waals surface area contributed by atoms with Crippen LogP contribution in [0.2, 0.25) is 0 Å². The number of esters is 1. The standard InChI is InChI=1S/C26H25FN2O4S/c1-17(2)26(25(30)33-24(28-26)19-9-5-4-6-10-19)23(21-11-7-8-12-22(21)27)29-34(31,32)20-15-13-18(3)14-16-20/h4-17,23,29H,1-3H3/t23?,26-/m1/s1. The molecule has 2 atom stereocenters. The molecule has 0 aromatic heterocycles. The molecule has 176 valence electrons. The zero-order valence-electron chi connectivity index (χ0n) is 19.0. The van der Waals surface area contributed by atoms with E-state index in [9.17, 15) is 13.2 Å². The molecule has 0 saturated heterocycles. The molecule has 6 nitrogen and oxygen atoms in total. The summed E-state index contributed by atoms with van der Waals surface area (Å²) in [7, 11) is -4.15. The topological polar surface area (TPSA) is 84.8 Å². The third-order valence-corrected chi connectivity index (χ3v) is 7.40. The third kappa shape index (κ3) is 4.26. The third-order valence-electron chi connectivity index (χ3n) is 5.96. The van der Waals surface area contributed by atoms with E-state index in [1.807, 2.05) is 13.0 Å². The second-order valence-corrected chi connectivity index (χ2v) is 10.3. The number of ether oxygens (including phenoxy) is 1. The van der Waals surface area contributed by atoms with Gasteiger partial charge >= 0.3 is 5.97 Å². The first-order valence-corrected chi connectivity index (χ1v) is 12.3. The van der Waals surface area contributed by atoms with Crippen LogP contribution in [0.1, 0.15) is 36.6 Å². The van der Waals surface area contributed by atoms with Crippen molar-refractivity contribution in [2.24, 2.45) is 10.9 Å². The Morgan fingerprint density at radius 2 is 1.56 bits per heavy atom. The average molecular weight is 481 g/mol. The number of halogens is 1. The second-order valence-electron chi connectivity index (χ2n) is 8.54. The lowest BCUT2D eigenvalue weighted by atomic mass is 9.77. The van der Waals surface area contributed by atoms with Gasteiger partial charge in [-0.3, -0.25) is 0 Å². The van der Waals surface area contributed by atoms with Gasteiger partial charge in [0.15, 0.2) is 5.54 Å². The van der Waals surface area contributed by atoms with Gasteiger partial charge in [-0.1, -0.05) is 67.9 Å². The molecule has 1 aliphatic heterocycles. The molecule has 1 N–H and O–H groups in total. The van der Waals surface area contributed by atoms with Crippen molar-refractivity contribution >= 4 is 21.9 Å². The lowest BCUT2D eigenvalue weighted by Gasteiger charge is -2.35. The molecule has 0 aliphatic carbocycles. The minimum atomic E-state index is -4.15. The fourth-order valence-corrected chi connectivity index (χ4v) is 5.28. The van der Waals surface area contributed by atoms with E-state index in [0.29, 0.717) is 5.56 Å². The van der Waals surface area contributed by atoms with Crippen LogP contribution in [-0.4, -0.2) is 25.8 Å². The van der Waals surface area contributed by atoms with Crippen molar-refractivity contribution in [2.45, 2.75) is 37.2 Å². The number of aliphatic imine (C=N–C) groups is 1. The van der Waals surface area contributed by atoms with Crippen molar-refractivity contribution in [1.82, 2.24) is 4.72 Å². The molecule has 34 heavy (non-hydrogen) atoms. The maximum absolute atomic E-state index is 15.1. The summed E-state index contributed by atoms with van der Waals surface area (Å²) in [6.07, 6.45) is 0. The number of sulfonamides is 1. The predicted molar refractivity (Wildman–Crippen MR) is 127 cm³/mol. The van der Waals surface area contributed by atoms with Gasteiger partial charge in [-0.15, -0.1) is 0 Å². The van der Waals surface area contributed by atoms with Crippen LogP contribution in [0.25, 0.3) is 0 Å². The van der Waals surface area contributed by atoms with Crippen LogP contribution in [0.5, 0.6) is 0 Å². The van der Waals surface area contributed by atoms with Gasteiger partial charge in [-0.05, 0) is 43.2 Å². The molecule has 0 radical (unpaired) electrons. The number of nitrogens with zero attached hydrogens (tertiary/aromatic N) is 1. The van der Waals surface area contributed by atoms with Crippen LogP contribution in [0, 0.1) is 18.7 Å². The second kappa shape index (κ2) is 9.12. The van der Waals surface area contributed by atoms with Gasteiger partial charge in [0, 0.05) is 11.1 Å². The zero-order valence-corrected chi connectivity index (χ0v) is 19.8. The Morgan fingerprint density at radius 3 is 2.18 bits per heavy atom. The number of hydrogen-bond acceptors (Lipinski definition) is 5. The molecule has 0 amide bonds. The first-order chi connectivity index (χ1) is 16.1. The smallest absolute Gasteiger partial charge is 0.343 e. The van der Waals surface area contributed by atoms with E-state index in [2.05, 4.69) is 9.71 Å². The van der Waals surface area contributed by atoms with Crippen molar-refractivity contribution in [1.29, 1.82) is 0 Å². The molecule has 0 spiro atoms. The maximum atomic E-state index is 15.1. The van der Waals surface area contributed by atoms with Gasteiger partial charge < -0.3 is 4.74 Å². The average Bonchev–Trinajstić information content (AvgIpc) is 3.17. The number of hydrogen-bond donors (Lipinski definition) is 1. The lowest BCUT2D eigenvalue weighted by Crippen LogP contribution is -2.52. The monoisotopic (exact) mass is 480 g/mol. The van der Waals surface area contributed by atoms with Crippen LogP contribution in [-0.2, 0) is 19.6 Å². The summed E-state index contributed by atoms with van der Waals surface area (Å²) < 4.78 is 50.0. The molecular formula is C26H25FN2O4S. The Kier molecular flexibility index (Phi) is 6.38. The fraction of sp³-hybridized carbons (Fsp3) is 0.231. The Bertz CT molecular complexity index is 1340. The molecule has 0 bridgehead atoms. The molecule has 0 saturated carbocycles. The van der Waals surface area contributed by atoms with Crippen molar-refractivity contribution in [3.05, 3.63) is 101 Å². The van der Waals surface area contributed by atoms with Gasteiger partial charge in [0.2, 0.25) is 15.9 Å². The molecule has 8 heteroatoms. The molecular weight excluding hydrogens is 455 g/mol. The first kappa shape index (κ1) is 23.8. The summed E-state index contributed by atoms with van der Waals surface area (Å²) in [5.74, 6) is -1.88. The first-order valence-electron chi connectivity index (χ1n) is 10.9. The number of cyclic esters (lactones) is 1. The summed E-state index contributed by atoms with van der Waals surface area (Å²) in [6.45, 7) is 5.30. The molecule has 1 aliphatic rings. The highest BCUT2D eigenvalue weighted by atomic mass is 32.2. The largest absolute Gasteiger partial charge is 0.405 e.